The van der Waals surface area contributed by atoms with Gasteiger partial charge < -0.3 is 11.1 Å². The number of rotatable bonds is 7. The third-order valence-corrected chi connectivity index (χ3v) is 2.87. The monoisotopic (exact) mass is 238 g/mol. The highest BCUT2D eigenvalue weighted by Crippen LogP contribution is 2.14. The van der Waals surface area contributed by atoms with Gasteiger partial charge in [-0.2, -0.15) is 5.10 Å². The third-order valence-electron chi connectivity index (χ3n) is 2.87. The number of H-pyrrole nitrogens is 1. The molecule has 0 bridgehead atoms. The fraction of sp³-hybridized carbons (Fsp3) is 0.667. The van der Waals surface area contributed by atoms with Gasteiger partial charge in [-0.05, 0) is 33.2 Å². The minimum absolute atomic E-state index is 0.0346. The molecule has 5 nitrogen and oxygen atoms in total. The Morgan fingerprint density at radius 3 is 2.59 bits per heavy atom. The van der Waals surface area contributed by atoms with E-state index in [1.807, 2.05) is 13.8 Å². The van der Waals surface area contributed by atoms with E-state index in [2.05, 4.69) is 15.5 Å². The fourth-order valence-electron chi connectivity index (χ4n) is 1.58. The summed E-state index contributed by atoms with van der Waals surface area (Å²) in [6.07, 6.45) is 4.66. The molecule has 1 aromatic heterocycles. The molecule has 4 N–H and O–H groups in total. The number of unbranched alkanes of at least 4 members (excludes halogenated alkanes) is 3. The van der Waals surface area contributed by atoms with Crippen LogP contribution in [0.1, 0.15) is 43.4 Å². The Labute approximate surface area is 102 Å². The lowest BCUT2D eigenvalue weighted by Gasteiger charge is -2.03. The van der Waals surface area contributed by atoms with E-state index in [0.717, 1.165) is 43.5 Å². The summed E-state index contributed by atoms with van der Waals surface area (Å²) in [7, 11) is 0. The predicted octanol–water partition coefficient (Wildman–Crippen LogP) is 1.87. The second-order valence-electron chi connectivity index (χ2n) is 4.32. The highest BCUT2D eigenvalue weighted by atomic mass is 16.1. The van der Waals surface area contributed by atoms with E-state index >= 15 is 0 Å². The number of hydrogen-bond acceptors (Lipinski definition) is 3. The van der Waals surface area contributed by atoms with Crippen LogP contribution in [0.3, 0.4) is 0 Å². The summed E-state index contributed by atoms with van der Waals surface area (Å²) < 4.78 is 0. The Hall–Kier alpha value is -1.36. The average Bonchev–Trinajstić information content (AvgIpc) is 2.61. The van der Waals surface area contributed by atoms with Crippen molar-refractivity contribution in [1.82, 2.24) is 10.2 Å². The van der Waals surface area contributed by atoms with E-state index in [1.165, 1.54) is 0 Å². The number of nitrogens with zero attached hydrogens (tertiary/aromatic N) is 1. The smallest absolute Gasteiger partial charge is 0.225 e. The standard InChI is InChI=1S/C12H22N4O/c1-9-10(2)15-16-12(9)14-11(17)7-5-3-4-6-8-13/h3-8,13H2,1-2H3,(H2,14,15,16,17). The van der Waals surface area contributed by atoms with Gasteiger partial charge in [0.15, 0.2) is 5.82 Å². The highest BCUT2D eigenvalue weighted by Gasteiger charge is 2.08. The average molecular weight is 238 g/mol. The number of aryl methyl sites for hydroxylation is 1. The van der Waals surface area contributed by atoms with Crippen LogP contribution >= 0.6 is 0 Å². The topological polar surface area (TPSA) is 83.8 Å². The van der Waals surface area contributed by atoms with Crippen molar-refractivity contribution < 1.29 is 4.79 Å². The Balaban J connectivity index is 2.23. The maximum absolute atomic E-state index is 11.6. The van der Waals surface area contributed by atoms with Crippen molar-refractivity contribution in [3.63, 3.8) is 0 Å². The number of anilines is 1. The van der Waals surface area contributed by atoms with Gasteiger partial charge in [-0.15, -0.1) is 0 Å². The number of aromatic nitrogens is 2. The molecule has 5 heteroatoms. The molecule has 0 unspecified atom stereocenters. The minimum Gasteiger partial charge on any atom is -0.330 e. The molecule has 0 aromatic carbocycles. The van der Waals surface area contributed by atoms with Crippen molar-refractivity contribution >= 4 is 11.7 Å². The maximum atomic E-state index is 11.6. The summed E-state index contributed by atoms with van der Waals surface area (Å²) in [6, 6.07) is 0. The van der Waals surface area contributed by atoms with E-state index in [-0.39, 0.29) is 5.91 Å². The molecular weight excluding hydrogens is 216 g/mol. The van der Waals surface area contributed by atoms with Crippen molar-refractivity contribution in [2.24, 2.45) is 5.73 Å². The number of hydrogen-bond donors (Lipinski definition) is 3. The minimum atomic E-state index is 0.0346. The van der Waals surface area contributed by atoms with E-state index < -0.39 is 0 Å². The van der Waals surface area contributed by atoms with Gasteiger partial charge in [-0.25, -0.2) is 0 Å². The van der Waals surface area contributed by atoms with Gasteiger partial charge in [0, 0.05) is 17.7 Å². The lowest BCUT2D eigenvalue weighted by molar-refractivity contribution is -0.116. The first-order valence-electron chi connectivity index (χ1n) is 6.16. The molecule has 1 amide bonds. The molecule has 0 saturated heterocycles. The highest BCUT2D eigenvalue weighted by molar-refractivity contribution is 5.90. The largest absolute Gasteiger partial charge is 0.330 e. The van der Waals surface area contributed by atoms with Crippen molar-refractivity contribution in [2.75, 3.05) is 11.9 Å². The van der Waals surface area contributed by atoms with Gasteiger partial charge in [0.2, 0.25) is 5.91 Å². The zero-order chi connectivity index (χ0) is 12.7. The lowest BCUT2D eigenvalue weighted by Crippen LogP contribution is -2.12. The van der Waals surface area contributed by atoms with Gasteiger partial charge in [0.05, 0.1) is 0 Å². The zero-order valence-corrected chi connectivity index (χ0v) is 10.7. The van der Waals surface area contributed by atoms with E-state index in [0.29, 0.717) is 12.2 Å². The summed E-state index contributed by atoms with van der Waals surface area (Å²) in [6.45, 7) is 4.61. The van der Waals surface area contributed by atoms with Crippen molar-refractivity contribution in [2.45, 2.75) is 46.0 Å². The molecule has 1 rings (SSSR count). The molecule has 0 aliphatic carbocycles. The van der Waals surface area contributed by atoms with Crippen LogP contribution in [0.25, 0.3) is 0 Å². The summed E-state index contributed by atoms with van der Waals surface area (Å²) in [5.41, 5.74) is 7.39. The van der Waals surface area contributed by atoms with E-state index in [4.69, 9.17) is 5.73 Å². The van der Waals surface area contributed by atoms with Crippen molar-refractivity contribution in [3.05, 3.63) is 11.3 Å². The molecule has 0 atom stereocenters. The van der Waals surface area contributed by atoms with Crippen LogP contribution in [0.2, 0.25) is 0 Å². The van der Waals surface area contributed by atoms with Crippen LogP contribution in [0.5, 0.6) is 0 Å². The Morgan fingerprint density at radius 1 is 1.29 bits per heavy atom. The number of carbonyl (C=O) groups excluding carboxylic acids is 1. The molecular formula is C12H22N4O. The molecule has 17 heavy (non-hydrogen) atoms. The van der Waals surface area contributed by atoms with Gasteiger partial charge >= 0.3 is 0 Å². The van der Waals surface area contributed by atoms with Crippen LogP contribution in [0.15, 0.2) is 0 Å². The second kappa shape index (κ2) is 7.06. The second-order valence-corrected chi connectivity index (χ2v) is 4.32. The van der Waals surface area contributed by atoms with Crippen LogP contribution in [0.4, 0.5) is 5.82 Å². The summed E-state index contributed by atoms with van der Waals surface area (Å²) in [5.74, 6) is 0.682. The molecule has 0 fully saturated rings. The molecule has 0 aliphatic heterocycles. The van der Waals surface area contributed by atoms with Gasteiger partial charge in [0.25, 0.3) is 0 Å². The van der Waals surface area contributed by atoms with E-state index in [1.54, 1.807) is 0 Å². The van der Waals surface area contributed by atoms with Crippen LogP contribution < -0.4 is 11.1 Å². The van der Waals surface area contributed by atoms with Gasteiger partial charge in [0.1, 0.15) is 0 Å². The van der Waals surface area contributed by atoms with E-state index in [9.17, 15) is 4.79 Å². The first kappa shape index (κ1) is 13.7. The molecule has 0 aliphatic rings. The number of amides is 1. The Morgan fingerprint density at radius 2 is 2.00 bits per heavy atom. The van der Waals surface area contributed by atoms with Gasteiger partial charge in [-0.3, -0.25) is 9.89 Å². The number of nitrogens with two attached hydrogens (primary N) is 1. The normalized spacial score (nSPS) is 10.5. The maximum Gasteiger partial charge on any atom is 0.225 e. The molecule has 1 heterocycles. The lowest BCUT2D eigenvalue weighted by atomic mass is 10.1. The summed E-state index contributed by atoms with van der Waals surface area (Å²) in [5, 5.41) is 9.70. The SMILES string of the molecule is Cc1[nH]nc(NC(=O)CCCCCCN)c1C. The number of nitrogens with one attached hydrogen (secondary N) is 2. The van der Waals surface area contributed by atoms with Crippen LogP contribution in [0, 0.1) is 13.8 Å². The number of aromatic amines is 1. The quantitative estimate of drug-likeness (QED) is 0.634. The molecule has 0 saturated carbocycles. The van der Waals surface area contributed by atoms with Crippen molar-refractivity contribution in [3.8, 4) is 0 Å². The Bertz CT molecular complexity index is 359. The third kappa shape index (κ3) is 4.56. The first-order chi connectivity index (χ1) is 8.15. The van der Waals surface area contributed by atoms with Crippen LogP contribution in [-0.2, 0) is 4.79 Å². The van der Waals surface area contributed by atoms with Gasteiger partial charge in [-0.1, -0.05) is 12.8 Å². The fourth-order valence-corrected chi connectivity index (χ4v) is 1.58. The van der Waals surface area contributed by atoms with Crippen LogP contribution in [-0.4, -0.2) is 22.6 Å². The predicted molar refractivity (Wildman–Crippen MR) is 68.8 cm³/mol. The summed E-state index contributed by atoms with van der Waals surface area (Å²) in [4.78, 5) is 11.6. The Kier molecular flexibility index (Phi) is 5.69. The zero-order valence-electron chi connectivity index (χ0n) is 10.7. The summed E-state index contributed by atoms with van der Waals surface area (Å²) >= 11 is 0. The van der Waals surface area contributed by atoms with Crippen molar-refractivity contribution in [1.29, 1.82) is 0 Å². The number of carbonyl (C=O) groups is 1. The molecule has 1 aromatic rings. The molecule has 96 valence electrons. The molecule has 0 spiro atoms. The first-order valence-corrected chi connectivity index (χ1v) is 6.16. The molecule has 0 radical (unpaired) electrons.